The quantitative estimate of drug-likeness (QED) is 0.701. The number of nitrogens with one attached hydrogen (secondary N) is 1. The van der Waals surface area contributed by atoms with Crippen LogP contribution in [0, 0.1) is 6.92 Å². The van der Waals surface area contributed by atoms with Gasteiger partial charge in [-0.05, 0) is 24.6 Å². The zero-order valence-corrected chi connectivity index (χ0v) is 10.0. The van der Waals surface area contributed by atoms with E-state index in [1.165, 1.54) is 4.90 Å². The van der Waals surface area contributed by atoms with Gasteiger partial charge < -0.3 is 15.3 Å². The number of aliphatic hydroxyl groups is 1. The van der Waals surface area contributed by atoms with Crippen molar-refractivity contribution >= 4 is 17.5 Å². The van der Waals surface area contributed by atoms with E-state index in [0.717, 1.165) is 5.56 Å². The van der Waals surface area contributed by atoms with Gasteiger partial charge in [0.05, 0.1) is 17.4 Å². The lowest BCUT2D eigenvalue weighted by Gasteiger charge is -2.19. The number of fused-ring (bicyclic) bond motifs is 2. The summed E-state index contributed by atoms with van der Waals surface area (Å²) in [7, 11) is 0. The predicted octanol–water partition coefficient (Wildman–Crippen LogP) is 0.523. The Bertz CT molecular complexity index is 541. The van der Waals surface area contributed by atoms with Crippen LogP contribution in [0.3, 0.4) is 0 Å². The normalized spacial score (nSPS) is 26.4. The van der Waals surface area contributed by atoms with Crippen LogP contribution in [0.5, 0.6) is 0 Å². The third-order valence-corrected chi connectivity index (χ3v) is 3.51. The number of aliphatic hydroxyl groups excluding tert-OH is 1. The van der Waals surface area contributed by atoms with Gasteiger partial charge >= 0.3 is 0 Å². The van der Waals surface area contributed by atoms with E-state index in [1.54, 1.807) is 12.1 Å². The van der Waals surface area contributed by atoms with Crippen LogP contribution in [0.4, 0.5) is 5.69 Å². The molecule has 1 aromatic rings. The number of carbonyl (C=O) groups is 2. The molecule has 0 radical (unpaired) electrons. The third-order valence-electron chi connectivity index (χ3n) is 3.51. The summed E-state index contributed by atoms with van der Waals surface area (Å²) in [5.74, 6) is -0.408. The van der Waals surface area contributed by atoms with Gasteiger partial charge in [0.25, 0.3) is 5.91 Å². The van der Waals surface area contributed by atoms with Gasteiger partial charge in [-0.2, -0.15) is 0 Å². The van der Waals surface area contributed by atoms with E-state index in [4.69, 9.17) is 0 Å². The van der Waals surface area contributed by atoms with Crippen LogP contribution in [0.15, 0.2) is 18.2 Å². The molecule has 2 atom stereocenters. The maximum absolute atomic E-state index is 12.3. The summed E-state index contributed by atoms with van der Waals surface area (Å²) < 4.78 is 0. The molecule has 0 saturated carbocycles. The van der Waals surface area contributed by atoms with E-state index in [0.29, 0.717) is 17.7 Å². The Labute approximate surface area is 104 Å². The van der Waals surface area contributed by atoms with Gasteiger partial charge in [-0.1, -0.05) is 6.07 Å². The minimum absolute atomic E-state index is 0.190. The van der Waals surface area contributed by atoms with Crippen LogP contribution in [0.25, 0.3) is 0 Å². The fourth-order valence-electron chi connectivity index (χ4n) is 2.61. The predicted molar refractivity (Wildman–Crippen MR) is 65.3 cm³/mol. The summed E-state index contributed by atoms with van der Waals surface area (Å²) in [5.41, 5.74) is 2.04. The minimum Gasteiger partial charge on any atom is -0.391 e. The molecule has 3 rings (SSSR count). The maximum atomic E-state index is 12.3. The molecule has 1 saturated heterocycles. The highest BCUT2D eigenvalue weighted by molar-refractivity contribution is 6.10. The highest BCUT2D eigenvalue weighted by Crippen LogP contribution is 2.29. The Balaban J connectivity index is 2.08. The van der Waals surface area contributed by atoms with E-state index < -0.39 is 12.1 Å². The molecule has 0 spiro atoms. The number of aryl methyl sites for hydroxylation is 1. The number of nitrogens with zero attached hydrogens (tertiary/aromatic N) is 1. The Hall–Kier alpha value is -1.88. The van der Waals surface area contributed by atoms with E-state index in [1.807, 2.05) is 13.0 Å². The molecule has 2 N–H and O–H groups in total. The van der Waals surface area contributed by atoms with Crippen molar-refractivity contribution in [3.05, 3.63) is 29.3 Å². The summed E-state index contributed by atoms with van der Waals surface area (Å²) in [6, 6.07) is 4.81. The summed E-state index contributed by atoms with van der Waals surface area (Å²) in [6.07, 6.45) is -0.304. The number of hydrogen-bond acceptors (Lipinski definition) is 3. The molecule has 1 aromatic carbocycles. The van der Waals surface area contributed by atoms with Crippen molar-refractivity contribution < 1.29 is 14.7 Å². The molecule has 2 amide bonds. The second-order valence-corrected chi connectivity index (χ2v) is 4.90. The number of hydrogen-bond donors (Lipinski definition) is 2. The first-order valence-corrected chi connectivity index (χ1v) is 5.97. The summed E-state index contributed by atoms with van der Waals surface area (Å²) in [4.78, 5) is 25.8. The molecule has 2 aliphatic rings. The highest BCUT2D eigenvalue weighted by Gasteiger charge is 2.42. The molecule has 2 aliphatic heterocycles. The van der Waals surface area contributed by atoms with E-state index in [-0.39, 0.29) is 18.4 Å². The fraction of sp³-hybridized carbons (Fsp3) is 0.385. The fourth-order valence-corrected chi connectivity index (χ4v) is 2.61. The lowest BCUT2D eigenvalue weighted by atomic mass is 10.1. The smallest absolute Gasteiger partial charge is 0.256 e. The van der Waals surface area contributed by atoms with Crippen molar-refractivity contribution in [1.29, 1.82) is 0 Å². The zero-order valence-electron chi connectivity index (χ0n) is 10.0. The zero-order chi connectivity index (χ0) is 12.9. The molecule has 94 valence electrons. The van der Waals surface area contributed by atoms with Gasteiger partial charge in [0.2, 0.25) is 5.91 Å². The summed E-state index contributed by atoms with van der Waals surface area (Å²) in [6.45, 7) is 2.14. The average molecular weight is 246 g/mol. The third kappa shape index (κ3) is 1.59. The highest BCUT2D eigenvalue weighted by atomic mass is 16.3. The molecule has 1 unspecified atom stereocenters. The Morgan fingerprint density at radius 2 is 2.17 bits per heavy atom. The largest absolute Gasteiger partial charge is 0.391 e. The van der Waals surface area contributed by atoms with Gasteiger partial charge in [-0.25, -0.2) is 0 Å². The van der Waals surface area contributed by atoms with E-state index >= 15 is 0 Å². The van der Waals surface area contributed by atoms with Gasteiger partial charge in [0.15, 0.2) is 0 Å². The number of carbonyl (C=O) groups excluding carboxylic acids is 2. The van der Waals surface area contributed by atoms with Gasteiger partial charge in [0.1, 0.15) is 6.04 Å². The Morgan fingerprint density at radius 1 is 1.39 bits per heavy atom. The lowest BCUT2D eigenvalue weighted by molar-refractivity contribution is -0.119. The van der Waals surface area contributed by atoms with E-state index in [9.17, 15) is 14.7 Å². The Kier molecular flexibility index (Phi) is 2.38. The van der Waals surface area contributed by atoms with Gasteiger partial charge in [0, 0.05) is 13.0 Å². The van der Waals surface area contributed by atoms with Crippen molar-refractivity contribution in [3.8, 4) is 0 Å². The topological polar surface area (TPSA) is 69.6 Å². The monoisotopic (exact) mass is 246 g/mol. The molecule has 2 heterocycles. The first kappa shape index (κ1) is 11.2. The first-order chi connectivity index (χ1) is 8.56. The second-order valence-electron chi connectivity index (χ2n) is 4.90. The van der Waals surface area contributed by atoms with Crippen molar-refractivity contribution in [1.82, 2.24) is 4.90 Å². The van der Waals surface area contributed by atoms with Crippen LogP contribution in [-0.4, -0.2) is 40.5 Å². The SMILES string of the molecule is Cc1ccc2c(c1)NC(=O)[C@@H]1CC(O)CN1C2=O. The van der Waals surface area contributed by atoms with Crippen LogP contribution in [-0.2, 0) is 4.79 Å². The van der Waals surface area contributed by atoms with Crippen LogP contribution < -0.4 is 5.32 Å². The van der Waals surface area contributed by atoms with Crippen LogP contribution in [0.1, 0.15) is 22.3 Å². The van der Waals surface area contributed by atoms with Crippen molar-refractivity contribution in [2.45, 2.75) is 25.5 Å². The minimum atomic E-state index is -0.614. The van der Waals surface area contributed by atoms with E-state index in [2.05, 4.69) is 5.32 Å². The molecule has 0 aliphatic carbocycles. The number of benzene rings is 1. The van der Waals surface area contributed by atoms with Gasteiger partial charge in [-0.15, -0.1) is 0 Å². The van der Waals surface area contributed by atoms with Crippen LogP contribution in [0.2, 0.25) is 0 Å². The standard InChI is InChI=1S/C13H14N2O3/c1-7-2-3-9-10(4-7)14-12(17)11-5-8(16)6-15(11)13(9)18/h2-4,8,11,16H,5-6H2,1H3,(H,14,17)/t8?,11-/m0/s1. The lowest BCUT2D eigenvalue weighted by Crippen LogP contribution is -2.40. The van der Waals surface area contributed by atoms with Gasteiger partial charge in [-0.3, -0.25) is 9.59 Å². The van der Waals surface area contributed by atoms with Crippen molar-refractivity contribution in [2.24, 2.45) is 0 Å². The second kappa shape index (κ2) is 3.81. The molecule has 1 fully saturated rings. The van der Waals surface area contributed by atoms with Crippen LogP contribution >= 0.6 is 0 Å². The average Bonchev–Trinajstić information content (AvgIpc) is 2.67. The number of anilines is 1. The first-order valence-electron chi connectivity index (χ1n) is 5.97. The molecule has 0 aromatic heterocycles. The summed E-state index contributed by atoms with van der Waals surface area (Å²) >= 11 is 0. The van der Waals surface area contributed by atoms with Crippen molar-refractivity contribution in [3.63, 3.8) is 0 Å². The number of amides is 2. The maximum Gasteiger partial charge on any atom is 0.256 e. The molecular weight excluding hydrogens is 232 g/mol. The molecule has 5 heteroatoms. The molecular formula is C13H14N2O3. The number of rotatable bonds is 0. The van der Waals surface area contributed by atoms with Crippen molar-refractivity contribution in [2.75, 3.05) is 11.9 Å². The molecule has 5 nitrogen and oxygen atoms in total. The Morgan fingerprint density at radius 3 is 2.94 bits per heavy atom. The summed E-state index contributed by atoms with van der Waals surface area (Å²) in [5, 5.41) is 12.4. The molecule has 0 bridgehead atoms. The molecule has 18 heavy (non-hydrogen) atoms.